The minimum Gasteiger partial charge on any atom is -0.297 e. The number of Topliss-reactive ketones (excluding diaryl/α,β-unsaturated/α-hetero) is 1. The van der Waals surface area contributed by atoms with Crippen LogP contribution in [-0.4, -0.2) is 18.3 Å². The third kappa shape index (κ3) is 3.52. The average Bonchev–Trinajstić information content (AvgIpc) is 2.49. The summed E-state index contributed by atoms with van der Waals surface area (Å²) in [6, 6.07) is 17.8. The van der Waals surface area contributed by atoms with Crippen molar-refractivity contribution in [1.82, 2.24) is 0 Å². The lowest BCUT2D eigenvalue weighted by Crippen LogP contribution is -2.32. The first-order chi connectivity index (χ1) is 9.68. The Morgan fingerprint density at radius 3 is 2.05 bits per heavy atom. The molecule has 0 atom stereocenters. The second kappa shape index (κ2) is 6.63. The average molecular weight is 269 g/mol. The molecule has 0 aliphatic heterocycles. The summed E-state index contributed by atoms with van der Waals surface area (Å²) in [7, 11) is 0. The summed E-state index contributed by atoms with van der Waals surface area (Å²) in [5.74, 6) is -0.454. The van der Waals surface area contributed by atoms with Gasteiger partial charge in [0, 0.05) is 5.56 Å². The first-order valence-electron chi connectivity index (χ1n) is 6.25. The lowest BCUT2D eigenvalue weighted by Gasteiger charge is -2.21. The van der Waals surface area contributed by atoms with Crippen molar-refractivity contribution < 1.29 is 14.4 Å². The second-order valence-electron chi connectivity index (χ2n) is 4.28. The van der Waals surface area contributed by atoms with Gasteiger partial charge in [0.2, 0.25) is 0 Å². The van der Waals surface area contributed by atoms with Gasteiger partial charge in [-0.05, 0) is 31.2 Å². The van der Waals surface area contributed by atoms with E-state index >= 15 is 0 Å². The number of carbonyl (C=O) groups excluding carboxylic acids is 2. The molecule has 2 rings (SSSR count). The molecular weight excluding hydrogens is 254 g/mol. The summed E-state index contributed by atoms with van der Waals surface area (Å²) in [6.07, 6.45) is 0. The number of rotatable bonds is 5. The standard InChI is InChI=1S/C16H15NO3/c1-13(18)12-20-17(15-10-6-3-7-11-15)16(19)14-8-4-2-5-9-14/h2-11H,12H2,1H3. The molecule has 0 spiro atoms. The molecule has 1 amide bonds. The molecule has 4 nitrogen and oxygen atoms in total. The minimum absolute atomic E-state index is 0.145. The Hall–Kier alpha value is -2.46. The fourth-order valence-corrected chi connectivity index (χ4v) is 1.67. The van der Waals surface area contributed by atoms with Gasteiger partial charge in [-0.1, -0.05) is 36.4 Å². The summed E-state index contributed by atoms with van der Waals surface area (Å²) in [5.41, 5.74) is 1.09. The van der Waals surface area contributed by atoms with Crippen LogP contribution in [0.3, 0.4) is 0 Å². The van der Waals surface area contributed by atoms with E-state index in [4.69, 9.17) is 4.84 Å². The van der Waals surface area contributed by atoms with Gasteiger partial charge in [0.05, 0.1) is 5.69 Å². The van der Waals surface area contributed by atoms with E-state index in [0.717, 1.165) is 5.06 Å². The molecule has 0 heterocycles. The van der Waals surface area contributed by atoms with E-state index in [0.29, 0.717) is 11.3 Å². The lowest BCUT2D eigenvalue weighted by atomic mass is 10.2. The lowest BCUT2D eigenvalue weighted by molar-refractivity contribution is -0.121. The Kier molecular flexibility index (Phi) is 4.63. The van der Waals surface area contributed by atoms with Crippen LogP contribution < -0.4 is 5.06 Å². The zero-order chi connectivity index (χ0) is 14.4. The SMILES string of the molecule is CC(=O)CON(C(=O)c1ccccc1)c1ccccc1. The molecule has 0 saturated carbocycles. The fraction of sp³-hybridized carbons (Fsp3) is 0.125. The van der Waals surface area contributed by atoms with Crippen LogP contribution in [-0.2, 0) is 9.63 Å². The maximum atomic E-state index is 12.4. The first kappa shape index (κ1) is 14.0. The Bertz CT molecular complexity index is 581. The Morgan fingerprint density at radius 2 is 1.50 bits per heavy atom. The molecule has 2 aromatic carbocycles. The number of hydrogen-bond donors (Lipinski definition) is 0. The number of benzene rings is 2. The Labute approximate surface area is 117 Å². The molecule has 4 heteroatoms. The Morgan fingerprint density at radius 1 is 0.950 bits per heavy atom. The maximum absolute atomic E-state index is 12.4. The topological polar surface area (TPSA) is 46.6 Å². The monoisotopic (exact) mass is 269 g/mol. The quantitative estimate of drug-likeness (QED) is 0.784. The molecule has 0 unspecified atom stereocenters. The predicted octanol–water partition coefficient (Wildman–Crippen LogP) is 2.85. The third-order valence-corrected chi connectivity index (χ3v) is 2.59. The van der Waals surface area contributed by atoms with Crippen LogP contribution in [0.1, 0.15) is 17.3 Å². The van der Waals surface area contributed by atoms with E-state index in [1.807, 2.05) is 12.1 Å². The number of hydroxylamine groups is 1. The number of anilines is 1. The van der Waals surface area contributed by atoms with Crippen molar-refractivity contribution in [3.8, 4) is 0 Å². The largest absolute Gasteiger partial charge is 0.297 e. The number of ketones is 1. The molecule has 0 fully saturated rings. The third-order valence-electron chi connectivity index (χ3n) is 2.59. The molecule has 0 N–H and O–H groups in total. The van der Waals surface area contributed by atoms with Crippen LogP contribution in [0.4, 0.5) is 5.69 Å². The van der Waals surface area contributed by atoms with Gasteiger partial charge in [0.15, 0.2) is 5.78 Å². The highest BCUT2D eigenvalue weighted by Crippen LogP contribution is 2.17. The van der Waals surface area contributed by atoms with Crippen LogP contribution in [0.25, 0.3) is 0 Å². The number of amides is 1. The number of carbonyl (C=O) groups is 2. The molecule has 102 valence electrons. The maximum Gasteiger partial charge on any atom is 0.282 e. The van der Waals surface area contributed by atoms with Gasteiger partial charge in [0.25, 0.3) is 5.91 Å². The number of nitrogens with zero attached hydrogens (tertiary/aromatic N) is 1. The summed E-state index contributed by atoms with van der Waals surface area (Å²) in [5, 5.41) is 1.15. The molecule has 0 aliphatic rings. The van der Waals surface area contributed by atoms with Crippen molar-refractivity contribution in [2.75, 3.05) is 11.7 Å². The molecule has 0 bridgehead atoms. The van der Waals surface area contributed by atoms with Crippen molar-refractivity contribution in [2.24, 2.45) is 0 Å². The van der Waals surface area contributed by atoms with E-state index in [-0.39, 0.29) is 18.3 Å². The molecule has 0 saturated heterocycles. The summed E-state index contributed by atoms with van der Waals surface area (Å²) >= 11 is 0. The van der Waals surface area contributed by atoms with Gasteiger partial charge in [0.1, 0.15) is 6.61 Å². The minimum atomic E-state index is -0.307. The van der Waals surface area contributed by atoms with Gasteiger partial charge in [-0.3, -0.25) is 14.4 Å². The van der Waals surface area contributed by atoms with Gasteiger partial charge < -0.3 is 0 Å². The van der Waals surface area contributed by atoms with Crippen LogP contribution in [0.15, 0.2) is 60.7 Å². The highest BCUT2D eigenvalue weighted by Gasteiger charge is 2.19. The summed E-state index contributed by atoms with van der Waals surface area (Å²) < 4.78 is 0. The summed E-state index contributed by atoms with van der Waals surface area (Å²) in [6.45, 7) is 1.27. The van der Waals surface area contributed by atoms with Crippen molar-refractivity contribution in [2.45, 2.75) is 6.92 Å². The fourth-order valence-electron chi connectivity index (χ4n) is 1.67. The van der Waals surface area contributed by atoms with Crippen molar-refractivity contribution in [1.29, 1.82) is 0 Å². The van der Waals surface area contributed by atoms with Gasteiger partial charge in [-0.2, -0.15) is 5.06 Å². The Balaban J connectivity index is 2.27. The number of hydrogen-bond acceptors (Lipinski definition) is 3. The van der Waals surface area contributed by atoms with E-state index in [1.54, 1.807) is 48.5 Å². The first-order valence-corrected chi connectivity index (χ1v) is 6.25. The summed E-state index contributed by atoms with van der Waals surface area (Å²) in [4.78, 5) is 28.9. The molecular formula is C16H15NO3. The van der Waals surface area contributed by atoms with Gasteiger partial charge in [-0.25, -0.2) is 0 Å². The molecule has 0 aromatic heterocycles. The highest BCUT2D eigenvalue weighted by molar-refractivity contribution is 6.04. The van der Waals surface area contributed by atoms with E-state index in [9.17, 15) is 9.59 Å². The van der Waals surface area contributed by atoms with Crippen molar-refractivity contribution in [3.63, 3.8) is 0 Å². The highest BCUT2D eigenvalue weighted by atomic mass is 16.7. The van der Waals surface area contributed by atoms with Gasteiger partial charge in [-0.15, -0.1) is 0 Å². The molecule has 2 aromatic rings. The van der Waals surface area contributed by atoms with E-state index < -0.39 is 0 Å². The smallest absolute Gasteiger partial charge is 0.282 e. The van der Waals surface area contributed by atoms with Crippen LogP contribution >= 0.6 is 0 Å². The van der Waals surface area contributed by atoms with E-state index in [2.05, 4.69) is 0 Å². The van der Waals surface area contributed by atoms with Crippen molar-refractivity contribution in [3.05, 3.63) is 66.2 Å². The molecule has 0 aliphatic carbocycles. The van der Waals surface area contributed by atoms with E-state index in [1.165, 1.54) is 6.92 Å². The number of para-hydroxylation sites is 1. The predicted molar refractivity (Wildman–Crippen MR) is 76.3 cm³/mol. The van der Waals surface area contributed by atoms with Crippen molar-refractivity contribution >= 4 is 17.4 Å². The van der Waals surface area contributed by atoms with Crippen LogP contribution in [0.5, 0.6) is 0 Å². The second-order valence-corrected chi connectivity index (χ2v) is 4.28. The normalized spacial score (nSPS) is 10.1. The zero-order valence-electron chi connectivity index (χ0n) is 11.2. The molecule has 20 heavy (non-hydrogen) atoms. The van der Waals surface area contributed by atoms with Crippen LogP contribution in [0, 0.1) is 0 Å². The molecule has 0 radical (unpaired) electrons. The zero-order valence-corrected chi connectivity index (χ0v) is 11.2. The van der Waals surface area contributed by atoms with Crippen LogP contribution in [0.2, 0.25) is 0 Å². The van der Waals surface area contributed by atoms with Gasteiger partial charge >= 0.3 is 0 Å².